The summed E-state index contributed by atoms with van der Waals surface area (Å²) in [6, 6.07) is 0. The van der Waals surface area contributed by atoms with Crippen LogP contribution in [0.4, 0.5) is 0 Å². The van der Waals surface area contributed by atoms with Gasteiger partial charge in [-0.15, -0.1) is 0 Å². The highest BCUT2D eigenvalue weighted by Crippen LogP contribution is 2.55. The van der Waals surface area contributed by atoms with Crippen molar-refractivity contribution in [2.24, 2.45) is 28.5 Å². The Morgan fingerprint density at radius 1 is 1.19 bits per heavy atom. The highest BCUT2D eigenvalue weighted by Gasteiger charge is 2.51. The van der Waals surface area contributed by atoms with Gasteiger partial charge in [0.2, 0.25) is 0 Å². The van der Waals surface area contributed by atoms with E-state index in [0.717, 1.165) is 24.3 Å². The van der Waals surface area contributed by atoms with E-state index in [1.807, 2.05) is 6.92 Å². The summed E-state index contributed by atoms with van der Waals surface area (Å²) in [6.45, 7) is 2.82. The van der Waals surface area contributed by atoms with Gasteiger partial charge in [0, 0.05) is 12.1 Å². The van der Waals surface area contributed by atoms with Gasteiger partial charge < -0.3 is 11.1 Å². The Morgan fingerprint density at radius 2 is 1.69 bits per heavy atom. The Bertz CT molecular complexity index is 273. The van der Waals surface area contributed by atoms with E-state index < -0.39 is 0 Å². The molecule has 3 N–H and O–H groups in total. The van der Waals surface area contributed by atoms with E-state index in [4.69, 9.17) is 5.73 Å². The minimum atomic E-state index is 0.317. The summed E-state index contributed by atoms with van der Waals surface area (Å²) in [4.78, 5) is 4.28. The maximum Gasteiger partial charge on any atom is 0.189 e. The van der Waals surface area contributed by atoms with Crippen molar-refractivity contribution < 1.29 is 0 Å². The third kappa shape index (κ3) is 1.70. The van der Waals surface area contributed by atoms with Gasteiger partial charge in [-0.25, -0.2) is 0 Å². The summed E-state index contributed by atoms with van der Waals surface area (Å²) >= 11 is 0. The fraction of sp³-hybridized carbons (Fsp3) is 0.923. The predicted molar refractivity (Wildman–Crippen MR) is 66.2 cm³/mol. The molecule has 0 unspecified atom stereocenters. The first-order chi connectivity index (χ1) is 7.69. The molecule has 4 aliphatic rings. The van der Waals surface area contributed by atoms with Gasteiger partial charge in [-0.2, -0.15) is 0 Å². The lowest BCUT2D eigenvalue weighted by Crippen LogP contribution is -2.61. The van der Waals surface area contributed by atoms with Crippen LogP contribution in [0.1, 0.15) is 45.4 Å². The molecule has 4 saturated carbocycles. The van der Waals surface area contributed by atoms with Crippen LogP contribution < -0.4 is 11.1 Å². The van der Waals surface area contributed by atoms with Gasteiger partial charge in [0.1, 0.15) is 0 Å². The van der Waals surface area contributed by atoms with Gasteiger partial charge in [0.05, 0.1) is 0 Å². The Hall–Kier alpha value is -0.730. The van der Waals surface area contributed by atoms with E-state index in [-0.39, 0.29) is 0 Å². The van der Waals surface area contributed by atoms with Gasteiger partial charge in [-0.05, 0) is 63.2 Å². The molecule has 4 rings (SSSR count). The molecule has 0 aliphatic heterocycles. The largest absolute Gasteiger partial charge is 0.370 e. The molecule has 0 spiro atoms. The number of nitrogens with two attached hydrogens (primary N) is 1. The molecule has 4 aliphatic carbocycles. The summed E-state index contributed by atoms with van der Waals surface area (Å²) in [5.74, 6) is 3.57. The van der Waals surface area contributed by atoms with Gasteiger partial charge in [0.25, 0.3) is 0 Å². The maximum absolute atomic E-state index is 5.94. The monoisotopic (exact) mass is 221 g/mol. The van der Waals surface area contributed by atoms with Crippen molar-refractivity contribution in [2.45, 2.75) is 51.0 Å². The summed E-state index contributed by atoms with van der Waals surface area (Å²) in [7, 11) is 0. The number of nitrogens with zero attached hydrogens (tertiary/aromatic N) is 1. The molecule has 3 nitrogen and oxygen atoms in total. The van der Waals surface area contributed by atoms with E-state index in [1.54, 1.807) is 0 Å². The molecule has 0 saturated heterocycles. The Kier molecular flexibility index (Phi) is 2.37. The van der Waals surface area contributed by atoms with E-state index in [9.17, 15) is 0 Å². The summed E-state index contributed by atoms with van der Waals surface area (Å²) in [5.41, 5.74) is 6.26. The second-order valence-electron chi connectivity index (χ2n) is 6.18. The number of nitrogens with one attached hydrogen (secondary N) is 1. The van der Waals surface area contributed by atoms with Crippen LogP contribution in [0.3, 0.4) is 0 Å². The average molecular weight is 221 g/mol. The first kappa shape index (κ1) is 10.4. The number of guanidine groups is 1. The third-order valence-corrected chi connectivity index (χ3v) is 4.76. The van der Waals surface area contributed by atoms with Crippen molar-refractivity contribution in [3.05, 3.63) is 0 Å². The highest BCUT2D eigenvalue weighted by atomic mass is 15.1. The standard InChI is InChI=1S/C13H23N3/c1-2-15-12(14)16-13-6-9-3-10(7-13)5-11(4-9)8-13/h9-11H,2-8H2,1H3,(H3,14,15,16). The molecule has 0 aromatic rings. The van der Waals surface area contributed by atoms with Gasteiger partial charge in [-0.1, -0.05) is 0 Å². The molecule has 0 radical (unpaired) electrons. The van der Waals surface area contributed by atoms with Crippen molar-refractivity contribution in [1.29, 1.82) is 0 Å². The molecular formula is C13H23N3. The third-order valence-electron chi connectivity index (χ3n) is 4.76. The van der Waals surface area contributed by atoms with Gasteiger partial charge in [-0.3, -0.25) is 4.99 Å². The van der Waals surface area contributed by atoms with Crippen molar-refractivity contribution in [2.75, 3.05) is 6.54 Å². The van der Waals surface area contributed by atoms with Crippen molar-refractivity contribution >= 4 is 5.96 Å². The van der Waals surface area contributed by atoms with Crippen LogP contribution in [0.5, 0.6) is 0 Å². The van der Waals surface area contributed by atoms with E-state index in [1.165, 1.54) is 38.5 Å². The van der Waals surface area contributed by atoms with Crippen LogP contribution in [0.15, 0.2) is 4.99 Å². The smallest absolute Gasteiger partial charge is 0.189 e. The average Bonchev–Trinajstić information content (AvgIpc) is 2.13. The first-order valence-electron chi connectivity index (χ1n) is 6.77. The second kappa shape index (κ2) is 3.64. The van der Waals surface area contributed by atoms with Crippen LogP contribution in [0, 0.1) is 17.8 Å². The number of hydrogen-bond donors (Lipinski definition) is 2. The molecule has 0 heterocycles. The van der Waals surface area contributed by atoms with E-state index in [2.05, 4.69) is 10.3 Å². The predicted octanol–water partition coefficient (Wildman–Crippen LogP) is 1.88. The number of hydrogen-bond acceptors (Lipinski definition) is 1. The minimum absolute atomic E-state index is 0.317. The molecule has 3 heteroatoms. The molecule has 0 aromatic carbocycles. The second-order valence-corrected chi connectivity index (χ2v) is 6.18. The Morgan fingerprint density at radius 3 is 2.12 bits per heavy atom. The van der Waals surface area contributed by atoms with E-state index >= 15 is 0 Å². The summed E-state index contributed by atoms with van der Waals surface area (Å²) in [5, 5.41) is 3.55. The quantitative estimate of drug-likeness (QED) is 0.552. The lowest BCUT2D eigenvalue weighted by molar-refractivity contribution is -0.0102. The summed E-state index contributed by atoms with van der Waals surface area (Å²) < 4.78 is 0. The minimum Gasteiger partial charge on any atom is -0.370 e. The molecule has 0 aromatic heterocycles. The highest BCUT2D eigenvalue weighted by molar-refractivity contribution is 5.78. The van der Waals surface area contributed by atoms with E-state index in [0.29, 0.717) is 11.5 Å². The van der Waals surface area contributed by atoms with Crippen LogP contribution in [-0.4, -0.2) is 18.0 Å². The van der Waals surface area contributed by atoms with Crippen molar-refractivity contribution in [3.8, 4) is 0 Å². The molecule has 0 atom stereocenters. The molecular weight excluding hydrogens is 198 g/mol. The lowest BCUT2D eigenvalue weighted by atomic mass is 9.53. The SMILES string of the molecule is CCN=C(N)NC12CC3CC(CC(C3)C1)C2. The van der Waals surface area contributed by atoms with Gasteiger partial charge >= 0.3 is 0 Å². The molecule has 16 heavy (non-hydrogen) atoms. The lowest BCUT2D eigenvalue weighted by Gasteiger charge is -2.57. The Balaban J connectivity index is 1.76. The fourth-order valence-corrected chi connectivity index (χ4v) is 4.75. The van der Waals surface area contributed by atoms with Crippen molar-refractivity contribution in [3.63, 3.8) is 0 Å². The Labute approximate surface area is 97.9 Å². The maximum atomic E-state index is 5.94. The molecule has 0 amide bonds. The topological polar surface area (TPSA) is 50.4 Å². The summed E-state index contributed by atoms with van der Waals surface area (Å²) in [6.07, 6.45) is 8.43. The molecule has 4 fully saturated rings. The van der Waals surface area contributed by atoms with Crippen LogP contribution in [-0.2, 0) is 0 Å². The van der Waals surface area contributed by atoms with Crippen LogP contribution >= 0.6 is 0 Å². The fourth-order valence-electron chi connectivity index (χ4n) is 4.75. The van der Waals surface area contributed by atoms with Gasteiger partial charge in [0.15, 0.2) is 5.96 Å². The number of rotatable bonds is 2. The van der Waals surface area contributed by atoms with Crippen molar-refractivity contribution in [1.82, 2.24) is 5.32 Å². The van der Waals surface area contributed by atoms with Crippen LogP contribution in [0.25, 0.3) is 0 Å². The number of aliphatic imine (C=N–C) groups is 1. The normalized spacial score (nSPS) is 46.1. The molecule has 90 valence electrons. The zero-order valence-corrected chi connectivity index (χ0v) is 10.2. The first-order valence-corrected chi connectivity index (χ1v) is 6.77. The zero-order chi connectivity index (χ0) is 11.2. The zero-order valence-electron chi connectivity index (χ0n) is 10.2. The van der Waals surface area contributed by atoms with Crippen LogP contribution in [0.2, 0.25) is 0 Å². The molecule has 4 bridgehead atoms.